The maximum atomic E-state index is 11.7. The first-order chi connectivity index (χ1) is 11.2. The van der Waals surface area contributed by atoms with E-state index in [9.17, 15) is 4.79 Å². The molecule has 3 aromatic rings. The maximum absolute atomic E-state index is 11.7. The number of carbonyl (C=O) groups excluding carboxylic acids is 1. The van der Waals surface area contributed by atoms with Crippen molar-refractivity contribution in [3.63, 3.8) is 0 Å². The molecule has 0 aliphatic heterocycles. The monoisotopic (exact) mass is 330 g/mol. The number of rotatable bonds is 4. The minimum Gasteiger partial charge on any atom is -0.448 e. The van der Waals surface area contributed by atoms with Gasteiger partial charge in [-0.3, -0.25) is 5.32 Å². The molecule has 0 unspecified atom stereocenters. The van der Waals surface area contributed by atoms with Crippen LogP contribution in [0.25, 0.3) is 16.7 Å². The molecule has 1 amide bonds. The number of aryl methyl sites for hydroxylation is 1. The highest BCUT2D eigenvalue weighted by molar-refractivity contribution is 6.18. The van der Waals surface area contributed by atoms with Gasteiger partial charge in [0, 0.05) is 11.5 Å². The van der Waals surface area contributed by atoms with Crippen molar-refractivity contribution >= 4 is 34.4 Å². The number of amides is 1. The Balaban J connectivity index is 1.93. The lowest BCUT2D eigenvalue weighted by atomic mass is 10.2. The average Bonchev–Trinajstić information content (AvgIpc) is 2.92. The summed E-state index contributed by atoms with van der Waals surface area (Å²) in [6.45, 7) is 1.99. The zero-order chi connectivity index (χ0) is 16.2. The van der Waals surface area contributed by atoms with Crippen LogP contribution >= 0.6 is 11.6 Å². The van der Waals surface area contributed by atoms with Gasteiger partial charge >= 0.3 is 6.09 Å². The topological polar surface area (TPSA) is 69.0 Å². The van der Waals surface area contributed by atoms with Crippen LogP contribution in [0.3, 0.4) is 0 Å². The van der Waals surface area contributed by atoms with Crippen LogP contribution in [0.1, 0.15) is 5.69 Å². The van der Waals surface area contributed by atoms with Crippen molar-refractivity contribution in [1.82, 2.24) is 14.8 Å². The Labute approximate surface area is 138 Å². The van der Waals surface area contributed by atoms with E-state index in [0.29, 0.717) is 11.6 Å². The Bertz CT molecular complexity index is 847. The molecule has 0 atom stereocenters. The molecule has 0 bridgehead atoms. The SMILES string of the molecule is Cc1cc(NC(=O)OCCCl)n(-c2ccc3ccccc3n2)n1. The summed E-state index contributed by atoms with van der Waals surface area (Å²) < 4.78 is 6.50. The molecule has 7 heteroatoms. The molecule has 0 spiro atoms. The van der Waals surface area contributed by atoms with E-state index in [1.165, 1.54) is 0 Å². The van der Waals surface area contributed by atoms with Crippen LogP contribution < -0.4 is 5.32 Å². The van der Waals surface area contributed by atoms with E-state index in [1.807, 2.05) is 43.3 Å². The van der Waals surface area contributed by atoms with Crippen molar-refractivity contribution in [2.75, 3.05) is 17.8 Å². The number of carbonyl (C=O) groups is 1. The Kier molecular flexibility index (Phi) is 4.43. The Morgan fingerprint density at radius 1 is 1.30 bits per heavy atom. The average molecular weight is 331 g/mol. The fraction of sp³-hybridized carbons (Fsp3) is 0.188. The van der Waals surface area contributed by atoms with Gasteiger partial charge in [0.05, 0.1) is 17.1 Å². The van der Waals surface area contributed by atoms with Crippen molar-refractivity contribution in [3.05, 3.63) is 48.2 Å². The van der Waals surface area contributed by atoms with Crippen LogP contribution in [0, 0.1) is 6.92 Å². The normalized spacial score (nSPS) is 10.7. The second kappa shape index (κ2) is 6.66. The third-order valence-corrected chi connectivity index (χ3v) is 3.33. The van der Waals surface area contributed by atoms with E-state index in [0.717, 1.165) is 16.6 Å². The summed E-state index contributed by atoms with van der Waals surface area (Å²) in [4.78, 5) is 16.3. The number of hydrogen-bond donors (Lipinski definition) is 1. The van der Waals surface area contributed by atoms with Gasteiger partial charge in [0.1, 0.15) is 12.4 Å². The standard InChI is InChI=1S/C16H15ClN4O2/c1-11-10-15(19-16(22)23-9-8-17)21(20-11)14-7-6-12-4-2-3-5-13(12)18-14/h2-7,10H,8-9H2,1H3,(H,19,22). The number of benzene rings is 1. The quantitative estimate of drug-likeness (QED) is 0.743. The van der Waals surface area contributed by atoms with E-state index in [4.69, 9.17) is 16.3 Å². The van der Waals surface area contributed by atoms with Gasteiger partial charge in [-0.2, -0.15) is 9.78 Å². The van der Waals surface area contributed by atoms with E-state index < -0.39 is 6.09 Å². The fourth-order valence-electron chi connectivity index (χ4n) is 2.21. The van der Waals surface area contributed by atoms with Crippen LogP contribution in [0.5, 0.6) is 0 Å². The number of alkyl halides is 1. The second-order valence-corrected chi connectivity index (χ2v) is 5.27. The van der Waals surface area contributed by atoms with Crippen LogP contribution in [-0.4, -0.2) is 33.3 Å². The highest BCUT2D eigenvalue weighted by Gasteiger charge is 2.12. The molecular weight excluding hydrogens is 316 g/mol. The molecule has 3 rings (SSSR count). The van der Waals surface area contributed by atoms with E-state index in [1.54, 1.807) is 10.7 Å². The van der Waals surface area contributed by atoms with Gasteiger partial charge in [0.25, 0.3) is 0 Å². The highest BCUT2D eigenvalue weighted by Crippen LogP contribution is 2.19. The number of pyridine rings is 1. The molecule has 1 aromatic carbocycles. The number of ether oxygens (including phenoxy) is 1. The predicted molar refractivity (Wildman–Crippen MR) is 89.3 cm³/mol. The predicted octanol–water partition coefficient (Wildman–Crippen LogP) is 3.52. The van der Waals surface area contributed by atoms with Gasteiger partial charge < -0.3 is 4.74 Å². The fourth-order valence-corrected chi connectivity index (χ4v) is 2.29. The van der Waals surface area contributed by atoms with Crippen LogP contribution in [-0.2, 0) is 4.74 Å². The van der Waals surface area contributed by atoms with E-state index >= 15 is 0 Å². The zero-order valence-corrected chi connectivity index (χ0v) is 13.2. The number of nitrogens with one attached hydrogen (secondary N) is 1. The summed E-state index contributed by atoms with van der Waals surface area (Å²) in [7, 11) is 0. The van der Waals surface area contributed by atoms with Gasteiger partial charge in [-0.1, -0.05) is 18.2 Å². The molecule has 0 radical (unpaired) electrons. The summed E-state index contributed by atoms with van der Waals surface area (Å²) in [5, 5.41) is 8.07. The summed E-state index contributed by atoms with van der Waals surface area (Å²) in [5.41, 5.74) is 1.61. The molecule has 0 aliphatic rings. The lowest BCUT2D eigenvalue weighted by molar-refractivity contribution is 0.168. The van der Waals surface area contributed by atoms with Gasteiger partial charge in [-0.15, -0.1) is 11.6 Å². The minimum absolute atomic E-state index is 0.148. The molecule has 0 saturated carbocycles. The highest BCUT2D eigenvalue weighted by atomic mass is 35.5. The molecule has 2 aromatic heterocycles. The number of fused-ring (bicyclic) bond motifs is 1. The Morgan fingerprint density at radius 2 is 2.13 bits per heavy atom. The molecule has 1 N–H and O–H groups in total. The van der Waals surface area contributed by atoms with Gasteiger partial charge in [0.2, 0.25) is 0 Å². The van der Waals surface area contributed by atoms with E-state index in [-0.39, 0.29) is 12.5 Å². The number of nitrogens with zero attached hydrogens (tertiary/aromatic N) is 3. The smallest absolute Gasteiger partial charge is 0.412 e. The van der Waals surface area contributed by atoms with Crippen molar-refractivity contribution in [3.8, 4) is 5.82 Å². The summed E-state index contributed by atoms with van der Waals surface area (Å²) in [6.07, 6.45) is -0.576. The molecule has 0 aliphatic carbocycles. The van der Waals surface area contributed by atoms with Crippen molar-refractivity contribution in [2.24, 2.45) is 0 Å². The second-order valence-electron chi connectivity index (χ2n) is 4.89. The van der Waals surface area contributed by atoms with Gasteiger partial charge in [0.15, 0.2) is 5.82 Å². The van der Waals surface area contributed by atoms with Crippen molar-refractivity contribution in [1.29, 1.82) is 0 Å². The zero-order valence-electron chi connectivity index (χ0n) is 12.5. The molecule has 2 heterocycles. The molecule has 23 heavy (non-hydrogen) atoms. The summed E-state index contributed by atoms with van der Waals surface area (Å²) in [6, 6.07) is 13.4. The van der Waals surface area contributed by atoms with Crippen molar-refractivity contribution < 1.29 is 9.53 Å². The first-order valence-corrected chi connectivity index (χ1v) is 7.63. The molecule has 0 saturated heterocycles. The lowest BCUT2D eigenvalue weighted by Crippen LogP contribution is -2.17. The molecule has 0 fully saturated rings. The Morgan fingerprint density at radius 3 is 2.96 bits per heavy atom. The number of hydrogen-bond acceptors (Lipinski definition) is 4. The molecule has 118 valence electrons. The summed E-state index contributed by atoms with van der Waals surface area (Å²) in [5.74, 6) is 1.35. The summed E-state index contributed by atoms with van der Waals surface area (Å²) >= 11 is 5.50. The van der Waals surface area contributed by atoms with Crippen LogP contribution in [0.4, 0.5) is 10.6 Å². The first kappa shape index (κ1) is 15.3. The minimum atomic E-state index is -0.576. The maximum Gasteiger partial charge on any atom is 0.412 e. The van der Waals surface area contributed by atoms with Crippen LogP contribution in [0.2, 0.25) is 0 Å². The molecule has 6 nitrogen and oxygen atoms in total. The number of anilines is 1. The largest absolute Gasteiger partial charge is 0.448 e. The van der Waals surface area contributed by atoms with Crippen LogP contribution in [0.15, 0.2) is 42.5 Å². The third kappa shape index (κ3) is 3.43. The van der Waals surface area contributed by atoms with Crippen molar-refractivity contribution in [2.45, 2.75) is 6.92 Å². The number of aromatic nitrogens is 3. The lowest BCUT2D eigenvalue weighted by Gasteiger charge is -2.09. The number of para-hydroxylation sites is 1. The van der Waals surface area contributed by atoms with E-state index in [2.05, 4.69) is 15.4 Å². The van der Waals surface area contributed by atoms with Gasteiger partial charge in [-0.25, -0.2) is 9.78 Å². The molecular formula is C16H15ClN4O2. The van der Waals surface area contributed by atoms with Gasteiger partial charge in [-0.05, 0) is 25.1 Å². The first-order valence-electron chi connectivity index (χ1n) is 7.10. The third-order valence-electron chi connectivity index (χ3n) is 3.17. The Hall–Kier alpha value is -2.60. The number of halogens is 1.